The first-order valence-electron chi connectivity index (χ1n) is 6.42. The van der Waals surface area contributed by atoms with Gasteiger partial charge in [0.05, 0.1) is 11.0 Å². The van der Waals surface area contributed by atoms with E-state index in [1.807, 2.05) is 25.1 Å². The first kappa shape index (κ1) is 13.3. The molecule has 100 valence electrons. The van der Waals surface area contributed by atoms with Crippen LogP contribution in [0.2, 0.25) is 0 Å². The van der Waals surface area contributed by atoms with Gasteiger partial charge in [-0.2, -0.15) is 0 Å². The van der Waals surface area contributed by atoms with Crippen LogP contribution in [0.15, 0.2) is 30.9 Å². The van der Waals surface area contributed by atoms with Crippen molar-refractivity contribution >= 4 is 16.9 Å². The van der Waals surface area contributed by atoms with E-state index in [1.54, 1.807) is 6.08 Å². The molecule has 0 fully saturated rings. The average molecular weight is 257 g/mol. The van der Waals surface area contributed by atoms with Crippen LogP contribution in [0.4, 0.5) is 0 Å². The summed E-state index contributed by atoms with van der Waals surface area (Å²) < 4.78 is 2.17. The van der Waals surface area contributed by atoms with Crippen LogP contribution in [-0.4, -0.2) is 22.0 Å². The van der Waals surface area contributed by atoms with Gasteiger partial charge >= 0.3 is 0 Å². The monoisotopic (exact) mass is 257 g/mol. The lowest BCUT2D eigenvalue weighted by atomic mass is 10.2. The van der Waals surface area contributed by atoms with Crippen LogP contribution < -0.4 is 5.32 Å². The van der Waals surface area contributed by atoms with Gasteiger partial charge in [-0.15, -0.1) is 6.58 Å². The second-order valence-corrected chi connectivity index (χ2v) is 4.82. The minimum atomic E-state index is -0.0986. The maximum atomic E-state index is 11.9. The topological polar surface area (TPSA) is 46.9 Å². The Morgan fingerprint density at radius 2 is 2.26 bits per heavy atom. The molecule has 1 aromatic heterocycles. The zero-order valence-electron chi connectivity index (χ0n) is 11.6. The molecule has 1 N–H and O–H groups in total. The van der Waals surface area contributed by atoms with Crippen molar-refractivity contribution in [3.05, 3.63) is 42.2 Å². The highest BCUT2D eigenvalue weighted by Crippen LogP contribution is 2.21. The van der Waals surface area contributed by atoms with E-state index < -0.39 is 0 Å². The summed E-state index contributed by atoms with van der Waals surface area (Å²) in [7, 11) is 0. The van der Waals surface area contributed by atoms with E-state index in [0.29, 0.717) is 18.2 Å². The summed E-state index contributed by atoms with van der Waals surface area (Å²) in [6.07, 6.45) is 1.66. The van der Waals surface area contributed by atoms with Crippen LogP contribution in [0.25, 0.3) is 11.0 Å². The Morgan fingerprint density at radius 1 is 1.53 bits per heavy atom. The first-order valence-corrected chi connectivity index (χ1v) is 6.42. The number of benzene rings is 1. The number of fused-ring (bicyclic) bond motifs is 1. The zero-order chi connectivity index (χ0) is 14.0. The van der Waals surface area contributed by atoms with E-state index in [0.717, 1.165) is 16.9 Å². The Bertz CT molecular complexity index is 626. The lowest BCUT2D eigenvalue weighted by molar-refractivity contribution is 0.0958. The summed E-state index contributed by atoms with van der Waals surface area (Å²) >= 11 is 0. The summed E-state index contributed by atoms with van der Waals surface area (Å²) in [5, 5.41) is 2.77. The summed E-state index contributed by atoms with van der Waals surface area (Å²) in [5.41, 5.74) is 2.55. The molecule has 0 spiro atoms. The molecule has 4 heteroatoms. The standard InChI is InChI=1S/C15H19N3O/c1-5-8-16-15(19)12-6-7-14-13(9-12)17-11(4)18(14)10(2)3/h5-7,9-10H,1,8H2,2-4H3,(H,16,19). The third-order valence-electron chi connectivity index (χ3n) is 3.05. The largest absolute Gasteiger partial charge is 0.349 e. The SMILES string of the molecule is C=CCNC(=O)c1ccc2c(c1)nc(C)n2C(C)C. The van der Waals surface area contributed by atoms with Crippen molar-refractivity contribution in [2.75, 3.05) is 6.54 Å². The molecule has 0 saturated carbocycles. The minimum Gasteiger partial charge on any atom is -0.349 e. The Labute approximate surface area is 113 Å². The number of amides is 1. The van der Waals surface area contributed by atoms with Gasteiger partial charge in [0.1, 0.15) is 5.82 Å². The molecular formula is C15H19N3O. The van der Waals surface area contributed by atoms with Gasteiger partial charge in [0.2, 0.25) is 0 Å². The number of carbonyl (C=O) groups is 1. The predicted octanol–water partition coefficient (Wildman–Crippen LogP) is 2.84. The van der Waals surface area contributed by atoms with Gasteiger partial charge in [0.25, 0.3) is 5.91 Å². The molecule has 0 atom stereocenters. The highest BCUT2D eigenvalue weighted by atomic mass is 16.1. The van der Waals surface area contributed by atoms with Gasteiger partial charge in [0.15, 0.2) is 0 Å². The fourth-order valence-corrected chi connectivity index (χ4v) is 2.28. The van der Waals surface area contributed by atoms with Crippen molar-refractivity contribution in [2.24, 2.45) is 0 Å². The normalized spacial score (nSPS) is 10.9. The Kier molecular flexibility index (Phi) is 3.69. The number of rotatable bonds is 4. The van der Waals surface area contributed by atoms with E-state index in [4.69, 9.17) is 0 Å². The molecule has 0 unspecified atom stereocenters. The molecule has 1 amide bonds. The lowest BCUT2D eigenvalue weighted by Gasteiger charge is -2.10. The molecule has 0 aliphatic rings. The predicted molar refractivity (Wildman–Crippen MR) is 77.4 cm³/mol. The molecule has 0 radical (unpaired) electrons. The maximum absolute atomic E-state index is 11.9. The van der Waals surface area contributed by atoms with Crippen molar-refractivity contribution in [3.63, 3.8) is 0 Å². The molecule has 1 aromatic carbocycles. The summed E-state index contributed by atoms with van der Waals surface area (Å²) in [4.78, 5) is 16.4. The number of hydrogen-bond acceptors (Lipinski definition) is 2. The van der Waals surface area contributed by atoms with Gasteiger partial charge in [-0.05, 0) is 39.0 Å². The fourth-order valence-electron chi connectivity index (χ4n) is 2.28. The number of nitrogens with one attached hydrogen (secondary N) is 1. The van der Waals surface area contributed by atoms with Crippen LogP contribution in [0.5, 0.6) is 0 Å². The van der Waals surface area contributed by atoms with Crippen molar-refractivity contribution < 1.29 is 4.79 Å². The highest BCUT2D eigenvalue weighted by molar-refractivity contribution is 5.97. The lowest BCUT2D eigenvalue weighted by Crippen LogP contribution is -2.23. The molecule has 0 aliphatic heterocycles. The van der Waals surface area contributed by atoms with Gasteiger partial charge in [0, 0.05) is 18.2 Å². The van der Waals surface area contributed by atoms with Crippen molar-refractivity contribution in [1.29, 1.82) is 0 Å². The minimum absolute atomic E-state index is 0.0986. The number of carbonyl (C=O) groups excluding carboxylic acids is 1. The summed E-state index contributed by atoms with van der Waals surface area (Å²) in [6.45, 7) is 10.3. The highest BCUT2D eigenvalue weighted by Gasteiger charge is 2.12. The van der Waals surface area contributed by atoms with Crippen LogP contribution in [0, 0.1) is 6.92 Å². The van der Waals surface area contributed by atoms with Gasteiger partial charge in [-0.3, -0.25) is 4.79 Å². The average Bonchev–Trinajstić information content (AvgIpc) is 2.70. The van der Waals surface area contributed by atoms with Crippen molar-refractivity contribution in [3.8, 4) is 0 Å². The zero-order valence-corrected chi connectivity index (χ0v) is 11.6. The Hall–Kier alpha value is -2.10. The van der Waals surface area contributed by atoms with E-state index in [9.17, 15) is 4.79 Å². The fraction of sp³-hybridized carbons (Fsp3) is 0.333. The van der Waals surface area contributed by atoms with Crippen molar-refractivity contribution in [2.45, 2.75) is 26.8 Å². The van der Waals surface area contributed by atoms with Crippen LogP contribution in [0.1, 0.15) is 36.1 Å². The van der Waals surface area contributed by atoms with E-state index in [2.05, 4.69) is 35.3 Å². The molecule has 1 heterocycles. The van der Waals surface area contributed by atoms with Crippen LogP contribution in [0.3, 0.4) is 0 Å². The molecular weight excluding hydrogens is 238 g/mol. The third kappa shape index (κ3) is 2.52. The molecule has 2 aromatic rings. The number of hydrogen-bond donors (Lipinski definition) is 1. The van der Waals surface area contributed by atoms with E-state index in [-0.39, 0.29) is 5.91 Å². The van der Waals surface area contributed by atoms with Crippen LogP contribution >= 0.6 is 0 Å². The molecule has 0 bridgehead atoms. The van der Waals surface area contributed by atoms with E-state index in [1.165, 1.54) is 0 Å². The molecule has 0 saturated heterocycles. The second-order valence-electron chi connectivity index (χ2n) is 4.82. The smallest absolute Gasteiger partial charge is 0.251 e. The van der Waals surface area contributed by atoms with Gasteiger partial charge in [-0.1, -0.05) is 6.08 Å². The Balaban J connectivity index is 2.42. The summed E-state index contributed by atoms with van der Waals surface area (Å²) in [6, 6.07) is 5.98. The van der Waals surface area contributed by atoms with Crippen molar-refractivity contribution in [1.82, 2.24) is 14.9 Å². The maximum Gasteiger partial charge on any atom is 0.251 e. The second kappa shape index (κ2) is 5.26. The molecule has 0 aliphatic carbocycles. The van der Waals surface area contributed by atoms with Crippen LogP contribution in [-0.2, 0) is 0 Å². The van der Waals surface area contributed by atoms with Gasteiger partial charge < -0.3 is 9.88 Å². The quantitative estimate of drug-likeness (QED) is 0.856. The molecule has 4 nitrogen and oxygen atoms in total. The number of imidazole rings is 1. The third-order valence-corrected chi connectivity index (χ3v) is 3.05. The molecule has 19 heavy (non-hydrogen) atoms. The number of aromatic nitrogens is 2. The Morgan fingerprint density at radius 3 is 2.89 bits per heavy atom. The first-order chi connectivity index (χ1) is 9.04. The molecule has 2 rings (SSSR count). The van der Waals surface area contributed by atoms with E-state index >= 15 is 0 Å². The van der Waals surface area contributed by atoms with Gasteiger partial charge in [-0.25, -0.2) is 4.98 Å². The number of nitrogens with zero attached hydrogens (tertiary/aromatic N) is 2. The summed E-state index contributed by atoms with van der Waals surface area (Å²) in [5.74, 6) is 0.868. The number of aryl methyl sites for hydroxylation is 1.